The second kappa shape index (κ2) is 7.60. The summed E-state index contributed by atoms with van der Waals surface area (Å²) in [6.45, 7) is 6.16. The minimum atomic E-state index is -0.327. The molecule has 108 valence electrons. The van der Waals surface area contributed by atoms with Gasteiger partial charge in [0.25, 0.3) is 0 Å². The standard InChI is InChI=1S/C14H24N2O2S/c1-5-14(6-2,19-4)10-15-9-11-7-8-12(16-11)13(17)18-3/h7-8,15-16H,5-6,9-10H2,1-4H3. The Labute approximate surface area is 119 Å². The van der Waals surface area contributed by atoms with Crippen LogP contribution in [0.4, 0.5) is 0 Å². The van der Waals surface area contributed by atoms with Gasteiger partial charge in [-0.2, -0.15) is 11.8 Å². The van der Waals surface area contributed by atoms with E-state index in [0.29, 0.717) is 10.4 Å². The van der Waals surface area contributed by atoms with Crippen molar-refractivity contribution in [2.24, 2.45) is 0 Å². The van der Waals surface area contributed by atoms with E-state index in [1.807, 2.05) is 17.8 Å². The molecule has 4 nitrogen and oxygen atoms in total. The predicted molar refractivity (Wildman–Crippen MR) is 80.7 cm³/mol. The molecule has 0 aliphatic carbocycles. The predicted octanol–water partition coefficient (Wildman–Crippen LogP) is 2.81. The molecule has 1 heterocycles. The fraction of sp³-hybridized carbons (Fsp3) is 0.643. The van der Waals surface area contributed by atoms with Gasteiger partial charge in [-0.15, -0.1) is 0 Å². The van der Waals surface area contributed by atoms with Gasteiger partial charge in [-0.3, -0.25) is 0 Å². The van der Waals surface area contributed by atoms with E-state index in [-0.39, 0.29) is 5.97 Å². The quantitative estimate of drug-likeness (QED) is 0.721. The van der Waals surface area contributed by atoms with E-state index < -0.39 is 0 Å². The Hall–Kier alpha value is -0.940. The smallest absolute Gasteiger partial charge is 0.354 e. The van der Waals surface area contributed by atoms with Crippen molar-refractivity contribution in [1.82, 2.24) is 10.3 Å². The Bertz CT molecular complexity index is 392. The van der Waals surface area contributed by atoms with Gasteiger partial charge >= 0.3 is 5.97 Å². The van der Waals surface area contributed by atoms with Crippen LogP contribution < -0.4 is 5.32 Å². The summed E-state index contributed by atoms with van der Waals surface area (Å²) < 4.78 is 4.97. The number of methoxy groups -OCH3 is 1. The average Bonchev–Trinajstić information content (AvgIpc) is 2.92. The molecule has 1 aromatic heterocycles. The fourth-order valence-corrected chi connectivity index (χ4v) is 2.88. The van der Waals surface area contributed by atoms with Gasteiger partial charge in [0.2, 0.25) is 0 Å². The topological polar surface area (TPSA) is 54.1 Å². The lowest BCUT2D eigenvalue weighted by atomic mass is 10.0. The Morgan fingerprint density at radius 2 is 2.11 bits per heavy atom. The molecule has 0 fully saturated rings. The molecule has 0 saturated carbocycles. The highest BCUT2D eigenvalue weighted by Crippen LogP contribution is 2.29. The summed E-state index contributed by atoms with van der Waals surface area (Å²) in [4.78, 5) is 14.4. The number of ether oxygens (including phenoxy) is 1. The molecule has 1 aromatic rings. The summed E-state index contributed by atoms with van der Waals surface area (Å²) in [5.41, 5.74) is 1.50. The van der Waals surface area contributed by atoms with Gasteiger partial charge in [-0.25, -0.2) is 4.79 Å². The lowest BCUT2D eigenvalue weighted by Crippen LogP contribution is -2.36. The maximum Gasteiger partial charge on any atom is 0.354 e. The van der Waals surface area contributed by atoms with E-state index in [1.165, 1.54) is 7.11 Å². The molecule has 0 saturated heterocycles. The third-order valence-corrected chi connectivity index (χ3v) is 5.22. The molecule has 0 unspecified atom stereocenters. The van der Waals surface area contributed by atoms with Gasteiger partial charge in [0, 0.05) is 23.5 Å². The molecule has 0 atom stereocenters. The molecule has 0 aliphatic heterocycles. The highest BCUT2D eigenvalue weighted by Gasteiger charge is 2.24. The normalized spacial score (nSPS) is 11.6. The Kier molecular flexibility index (Phi) is 6.45. The second-order valence-corrected chi connectivity index (χ2v) is 5.86. The number of carbonyl (C=O) groups is 1. The third-order valence-electron chi connectivity index (χ3n) is 3.64. The van der Waals surface area contributed by atoms with Gasteiger partial charge in [-0.05, 0) is 31.2 Å². The van der Waals surface area contributed by atoms with Crippen LogP contribution in [0.3, 0.4) is 0 Å². The van der Waals surface area contributed by atoms with E-state index >= 15 is 0 Å². The van der Waals surface area contributed by atoms with Crippen molar-refractivity contribution < 1.29 is 9.53 Å². The highest BCUT2D eigenvalue weighted by molar-refractivity contribution is 8.00. The molecule has 0 spiro atoms. The van der Waals surface area contributed by atoms with Crippen LogP contribution in [0.5, 0.6) is 0 Å². The summed E-state index contributed by atoms with van der Waals surface area (Å²) in [5.74, 6) is -0.327. The van der Waals surface area contributed by atoms with Crippen molar-refractivity contribution in [1.29, 1.82) is 0 Å². The zero-order valence-electron chi connectivity index (χ0n) is 12.2. The number of esters is 1. The lowest BCUT2D eigenvalue weighted by molar-refractivity contribution is 0.0594. The average molecular weight is 284 g/mol. The number of aromatic amines is 1. The minimum absolute atomic E-state index is 0.303. The lowest BCUT2D eigenvalue weighted by Gasteiger charge is -2.29. The molecule has 2 N–H and O–H groups in total. The number of nitrogens with one attached hydrogen (secondary N) is 2. The molecule has 0 aromatic carbocycles. The maximum atomic E-state index is 11.3. The largest absolute Gasteiger partial charge is 0.464 e. The summed E-state index contributed by atoms with van der Waals surface area (Å²) >= 11 is 1.92. The van der Waals surface area contributed by atoms with Gasteiger partial charge in [-0.1, -0.05) is 13.8 Å². The van der Waals surface area contributed by atoms with Crippen LogP contribution in [0.25, 0.3) is 0 Å². The van der Waals surface area contributed by atoms with Gasteiger partial charge in [0.05, 0.1) is 7.11 Å². The number of aromatic nitrogens is 1. The number of rotatable bonds is 8. The van der Waals surface area contributed by atoms with E-state index in [0.717, 1.165) is 31.6 Å². The number of H-pyrrole nitrogens is 1. The maximum absolute atomic E-state index is 11.3. The Morgan fingerprint density at radius 3 is 2.63 bits per heavy atom. The Balaban J connectivity index is 2.49. The monoisotopic (exact) mass is 284 g/mol. The van der Waals surface area contributed by atoms with Crippen LogP contribution in [-0.2, 0) is 11.3 Å². The first-order chi connectivity index (χ1) is 9.10. The van der Waals surface area contributed by atoms with Crippen LogP contribution in [0, 0.1) is 0 Å². The van der Waals surface area contributed by atoms with Gasteiger partial charge in [0.15, 0.2) is 0 Å². The van der Waals surface area contributed by atoms with E-state index in [9.17, 15) is 4.79 Å². The Morgan fingerprint density at radius 1 is 1.42 bits per heavy atom. The molecule has 0 bridgehead atoms. The van der Waals surface area contributed by atoms with Crippen LogP contribution in [0.2, 0.25) is 0 Å². The number of thioether (sulfide) groups is 1. The summed E-state index contributed by atoms with van der Waals surface area (Å²) in [7, 11) is 1.39. The van der Waals surface area contributed by atoms with Crippen molar-refractivity contribution >= 4 is 17.7 Å². The van der Waals surface area contributed by atoms with Crippen molar-refractivity contribution in [3.8, 4) is 0 Å². The highest BCUT2D eigenvalue weighted by atomic mass is 32.2. The molecular formula is C14H24N2O2S. The van der Waals surface area contributed by atoms with Crippen LogP contribution in [-0.4, -0.2) is 35.6 Å². The first kappa shape index (κ1) is 16.1. The summed E-state index contributed by atoms with van der Waals surface area (Å²) in [6.07, 6.45) is 4.46. The summed E-state index contributed by atoms with van der Waals surface area (Å²) in [6, 6.07) is 3.67. The van der Waals surface area contributed by atoms with Crippen molar-refractivity contribution in [3.63, 3.8) is 0 Å². The molecule has 0 amide bonds. The molecule has 5 heteroatoms. The zero-order valence-corrected chi connectivity index (χ0v) is 13.0. The van der Waals surface area contributed by atoms with Crippen LogP contribution in [0.1, 0.15) is 42.9 Å². The molecule has 19 heavy (non-hydrogen) atoms. The minimum Gasteiger partial charge on any atom is -0.464 e. The molecule has 0 radical (unpaired) electrons. The van der Waals surface area contributed by atoms with Gasteiger partial charge in [0.1, 0.15) is 5.69 Å². The molecular weight excluding hydrogens is 260 g/mol. The zero-order chi connectivity index (χ0) is 14.3. The number of carbonyl (C=O) groups excluding carboxylic acids is 1. The molecule has 0 aliphatic rings. The van der Waals surface area contributed by atoms with Gasteiger partial charge < -0.3 is 15.0 Å². The van der Waals surface area contributed by atoms with E-state index in [1.54, 1.807) is 6.07 Å². The van der Waals surface area contributed by atoms with Crippen molar-refractivity contribution in [3.05, 3.63) is 23.5 Å². The first-order valence-electron chi connectivity index (χ1n) is 6.63. The number of hydrogen-bond acceptors (Lipinski definition) is 4. The van der Waals surface area contributed by atoms with Crippen LogP contribution in [0.15, 0.2) is 12.1 Å². The van der Waals surface area contributed by atoms with E-state index in [2.05, 4.69) is 35.1 Å². The van der Waals surface area contributed by atoms with Crippen molar-refractivity contribution in [2.75, 3.05) is 19.9 Å². The van der Waals surface area contributed by atoms with Crippen LogP contribution >= 0.6 is 11.8 Å². The fourth-order valence-electron chi connectivity index (χ4n) is 2.06. The SMILES string of the molecule is CCC(CC)(CNCc1ccc(C(=O)OC)[nH]1)SC. The third kappa shape index (κ3) is 4.28. The van der Waals surface area contributed by atoms with Crippen molar-refractivity contribution in [2.45, 2.75) is 38.0 Å². The first-order valence-corrected chi connectivity index (χ1v) is 7.85. The number of hydrogen-bond donors (Lipinski definition) is 2. The molecule has 1 rings (SSSR count). The summed E-state index contributed by atoms with van der Waals surface area (Å²) in [5, 5.41) is 3.46. The second-order valence-electron chi connectivity index (χ2n) is 4.59. The van der Waals surface area contributed by atoms with E-state index in [4.69, 9.17) is 0 Å².